The minimum absolute atomic E-state index is 0.671. The van der Waals surface area contributed by atoms with E-state index in [9.17, 15) is 0 Å². The Bertz CT molecular complexity index is 4590. The van der Waals surface area contributed by atoms with Gasteiger partial charge in [-0.25, -0.2) is 9.97 Å². The van der Waals surface area contributed by atoms with Gasteiger partial charge in [0.25, 0.3) is 0 Å². The van der Waals surface area contributed by atoms with Crippen molar-refractivity contribution in [1.82, 2.24) is 23.7 Å². The van der Waals surface area contributed by atoms with Crippen LogP contribution in [0.15, 0.2) is 273 Å². The van der Waals surface area contributed by atoms with Gasteiger partial charge in [0.05, 0.1) is 55.9 Å². The van der Waals surface area contributed by atoms with Gasteiger partial charge < -0.3 is 13.7 Å². The lowest BCUT2D eigenvalue weighted by Crippen LogP contribution is -2.02. The molecule has 0 aliphatic carbocycles. The van der Waals surface area contributed by atoms with E-state index in [2.05, 4.69) is 281 Å². The quantitative estimate of drug-likeness (QED) is 0.152. The van der Waals surface area contributed by atoms with E-state index < -0.39 is 0 Å². The fourth-order valence-electron chi connectivity index (χ4n) is 11.7. The molecule has 0 atom stereocenters. The minimum atomic E-state index is 0.671. The van der Waals surface area contributed by atoms with Crippen LogP contribution in [0, 0.1) is 0 Å². The number of aromatic nitrogens is 5. The molecule has 0 amide bonds. The zero-order chi connectivity index (χ0) is 49.4. The minimum Gasteiger partial charge on any atom is -0.309 e. The lowest BCUT2D eigenvalue weighted by molar-refractivity contribution is 1.15. The zero-order valence-electron chi connectivity index (χ0n) is 40.7. The van der Waals surface area contributed by atoms with Crippen LogP contribution in [0.2, 0.25) is 0 Å². The van der Waals surface area contributed by atoms with Crippen molar-refractivity contribution < 1.29 is 0 Å². The number of fused-ring (bicyclic) bond motifs is 9. The summed E-state index contributed by atoms with van der Waals surface area (Å²) >= 11 is 0. The molecule has 0 bridgehead atoms. The average molecular weight is 956 g/mol. The molecule has 4 aromatic heterocycles. The van der Waals surface area contributed by atoms with Crippen LogP contribution in [-0.2, 0) is 0 Å². The maximum atomic E-state index is 5.51. The number of nitrogens with zero attached hydrogens (tertiary/aromatic N) is 5. The fraction of sp³-hybridized carbons (Fsp3) is 0. The Morgan fingerprint density at radius 1 is 0.227 bits per heavy atom. The van der Waals surface area contributed by atoms with Crippen molar-refractivity contribution in [2.24, 2.45) is 0 Å². The summed E-state index contributed by atoms with van der Waals surface area (Å²) in [7, 11) is 0. The second kappa shape index (κ2) is 17.3. The molecule has 75 heavy (non-hydrogen) atoms. The number of para-hydroxylation sites is 6. The molecule has 0 aliphatic heterocycles. The molecule has 4 heterocycles. The first kappa shape index (κ1) is 42.6. The van der Waals surface area contributed by atoms with Gasteiger partial charge in [0.1, 0.15) is 0 Å². The van der Waals surface area contributed by atoms with Gasteiger partial charge in [-0.2, -0.15) is 0 Å². The van der Waals surface area contributed by atoms with Crippen molar-refractivity contribution in [3.8, 4) is 73.2 Å². The molecule has 5 heteroatoms. The number of rotatable bonds is 8. The second-order valence-corrected chi connectivity index (χ2v) is 19.3. The van der Waals surface area contributed by atoms with E-state index in [1.54, 1.807) is 0 Å². The summed E-state index contributed by atoms with van der Waals surface area (Å²) in [5, 5.41) is 7.29. The molecule has 5 nitrogen and oxygen atoms in total. The number of hydrogen-bond donors (Lipinski definition) is 0. The molecule has 0 fully saturated rings. The van der Waals surface area contributed by atoms with Crippen molar-refractivity contribution >= 4 is 65.4 Å². The van der Waals surface area contributed by atoms with Crippen LogP contribution >= 0.6 is 0 Å². The van der Waals surface area contributed by atoms with E-state index in [4.69, 9.17) is 9.97 Å². The van der Waals surface area contributed by atoms with Crippen LogP contribution < -0.4 is 0 Å². The van der Waals surface area contributed by atoms with E-state index in [0.717, 1.165) is 72.9 Å². The first-order valence-electron chi connectivity index (χ1n) is 25.6. The summed E-state index contributed by atoms with van der Waals surface area (Å²) in [6, 6.07) is 98.3. The maximum absolute atomic E-state index is 5.51. The van der Waals surface area contributed by atoms with E-state index in [0.29, 0.717) is 5.82 Å². The Morgan fingerprint density at radius 3 is 1.23 bits per heavy atom. The van der Waals surface area contributed by atoms with Gasteiger partial charge in [-0.15, -0.1) is 0 Å². The third-order valence-electron chi connectivity index (χ3n) is 15.1. The van der Waals surface area contributed by atoms with E-state index >= 15 is 0 Å². The SMILES string of the molecule is c1ccc(-c2cc(-c3cc(-c4ccccc4-n4c5ccccc5c5ccccc54)ccc3-n3c4ccccc4c4cc(-c5ccc6c(c5)c5ccccc5n6-c5ccccc5)ccc43)nc(-c3ccccc3)n2)cc1. The smallest absolute Gasteiger partial charge is 0.160 e. The van der Waals surface area contributed by atoms with Gasteiger partial charge in [0.2, 0.25) is 0 Å². The van der Waals surface area contributed by atoms with E-state index in [1.165, 1.54) is 59.9 Å². The summed E-state index contributed by atoms with van der Waals surface area (Å²) in [5.74, 6) is 0.671. The molecule has 0 aliphatic rings. The highest BCUT2D eigenvalue weighted by atomic mass is 15.0. The molecular weight excluding hydrogens is 911 g/mol. The number of hydrogen-bond acceptors (Lipinski definition) is 2. The van der Waals surface area contributed by atoms with E-state index in [1.807, 2.05) is 6.07 Å². The summed E-state index contributed by atoms with van der Waals surface area (Å²) in [6.07, 6.45) is 0. The normalized spacial score (nSPS) is 11.7. The third-order valence-corrected chi connectivity index (χ3v) is 15.1. The first-order chi connectivity index (χ1) is 37.2. The fourth-order valence-corrected chi connectivity index (χ4v) is 11.7. The molecule has 15 aromatic rings. The Labute approximate surface area is 433 Å². The molecule has 0 unspecified atom stereocenters. The van der Waals surface area contributed by atoms with Crippen LogP contribution in [0.4, 0.5) is 0 Å². The van der Waals surface area contributed by atoms with Crippen molar-refractivity contribution in [3.05, 3.63) is 273 Å². The van der Waals surface area contributed by atoms with Crippen LogP contribution in [0.5, 0.6) is 0 Å². The summed E-state index contributed by atoms with van der Waals surface area (Å²) in [4.78, 5) is 10.8. The van der Waals surface area contributed by atoms with Crippen LogP contribution in [0.1, 0.15) is 0 Å². The Hall–Kier alpha value is -10.1. The van der Waals surface area contributed by atoms with Crippen molar-refractivity contribution in [3.63, 3.8) is 0 Å². The van der Waals surface area contributed by atoms with Crippen LogP contribution in [0.3, 0.4) is 0 Å². The molecule has 11 aromatic carbocycles. The highest BCUT2D eigenvalue weighted by Gasteiger charge is 2.22. The lowest BCUT2D eigenvalue weighted by Gasteiger charge is -2.19. The highest BCUT2D eigenvalue weighted by Crippen LogP contribution is 2.43. The predicted octanol–water partition coefficient (Wildman–Crippen LogP) is 18.1. The van der Waals surface area contributed by atoms with Gasteiger partial charge >= 0.3 is 0 Å². The molecule has 0 spiro atoms. The Kier molecular flexibility index (Phi) is 9.82. The largest absolute Gasteiger partial charge is 0.309 e. The van der Waals surface area contributed by atoms with Gasteiger partial charge in [0, 0.05) is 60.3 Å². The maximum Gasteiger partial charge on any atom is 0.160 e. The molecule has 0 N–H and O–H groups in total. The summed E-state index contributed by atoms with van der Waals surface area (Å²) in [5.41, 5.74) is 19.4. The Morgan fingerprint density at radius 2 is 0.640 bits per heavy atom. The van der Waals surface area contributed by atoms with Gasteiger partial charge in [0.15, 0.2) is 5.82 Å². The standard InChI is InChI=1S/C70H45N5/c1-4-20-46(21-5-1)60-45-61(72-70(71-60)47-22-6-2-7-23-47)59-44-50(52-26-10-15-31-62(52)74-64-33-17-11-27-53(64)54-28-12-18-34-65(54)74)38-41-69(59)75-66-35-19-14-30-56(66)58-43-49(37-40-68(58)75)48-36-39-67-57(42-48)55-29-13-16-32-63(55)73(67)51-24-8-3-9-25-51/h1-45H. The summed E-state index contributed by atoms with van der Waals surface area (Å²) in [6.45, 7) is 0. The van der Waals surface area contributed by atoms with Crippen molar-refractivity contribution in [1.29, 1.82) is 0 Å². The van der Waals surface area contributed by atoms with Crippen LogP contribution in [0.25, 0.3) is 139 Å². The second-order valence-electron chi connectivity index (χ2n) is 19.3. The molecule has 0 saturated heterocycles. The molecule has 15 rings (SSSR count). The molecule has 0 saturated carbocycles. The average Bonchev–Trinajstić information content (AvgIpc) is 4.13. The monoisotopic (exact) mass is 955 g/mol. The van der Waals surface area contributed by atoms with Gasteiger partial charge in [-0.1, -0.05) is 188 Å². The van der Waals surface area contributed by atoms with Crippen LogP contribution in [-0.4, -0.2) is 23.7 Å². The highest BCUT2D eigenvalue weighted by molar-refractivity contribution is 6.14. The van der Waals surface area contributed by atoms with Crippen molar-refractivity contribution in [2.75, 3.05) is 0 Å². The van der Waals surface area contributed by atoms with Gasteiger partial charge in [-0.05, 0) is 102 Å². The lowest BCUT2D eigenvalue weighted by atomic mass is 9.97. The summed E-state index contributed by atoms with van der Waals surface area (Å²) < 4.78 is 7.24. The number of benzene rings is 11. The third kappa shape index (κ3) is 6.93. The Balaban J connectivity index is 0.963. The molecule has 0 radical (unpaired) electrons. The molecule has 350 valence electrons. The topological polar surface area (TPSA) is 40.6 Å². The predicted molar refractivity (Wildman–Crippen MR) is 312 cm³/mol. The van der Waals surface area contributed by atoms with Crippen molar-refractivity contribution in [2.45, 2.75) is 0 Å². The van der Waals surface area contributed by atoms with E-state index in [-0.39, 0.29) is 0 Å². The zero-order valence-corrected chi connectivity index (χ0v) is 40.7. The first-order valence-corrected chi connectivity index (χ1v) is 25.6. The van der Waals surface area contributed by atoms with Gasteiger partial charge in [-0.3, -0.25) is 0 Å². The molecular formula is C70H45N5.